The zero-order valence-corrected chi connectivity index (χ0v) is 11.6. The first kappa shape index (κ1) is 14.5. The van der Waals surface area contributed by atoms with Crippen molar-refractivity contribution in [2.45, 2.75) is 6.92 Å². The molecule has 0 bridgehead atoms. The first-order valence-corrected chi connectivity index (χ1v) is 6.45. The SMILES string of the molecule is CC(=O)c1ccc(NC(=O)C=COc2ccccc2)cc1. The van der Waals surface area contributed by atoms with Crippen LogP contribution in [0.5, 0.6) is 5.75 Å². The third-order valence-electron chi connectivity index (χ3n) is 2.73. The van der Waals surface area contributed by atoms with E-state index in [0.29, 0.717) is 17.0 Å². The molecule has 4 nitrogen and oxygen atoms in total. The predicted octanol–water partition coefficient (Wildman–Crippen LogP) is 3.42. The summed E-state index contributed by atoms with van der Waals surface area (Å²) in [6.07, 6.45) is 2.63. The predicted molar refractivity (Wildman–Crippen MR) is 81.3 cm³/mol. The number of anilines is 1. The molecule has 0 atom stereocenters. The number of nitrogens with one attached hydrogen (secondary N) is 1. The van der Waals surface area contributed by atoms with Crippen molar-refractivity contribution in [2.75, 3.05) is 5.32 Å². The number of carbonyl (C=O) groups is 2. The molecule has 0 saturated heterocycles. The first-order chi connectivity index (χ1) is 10.1. The molecule has 2 aromatic rings. The molecule has 0 aliphatic heterocycles. The van der Waals surface area contributed by atoms with E-state index in [9.17, 15) is 9.59 Å². The summed E-state index contributed by atoms with van der Waals surface area (Å²) in [6.45, 7) is 1.50. The molecule has 21 heavy (non-hydrogen) atoms. The van der Waals surface area contributed by atoms with Crippen LogP contribution in [-0.2, 0) is 4.79 Å². The number of benzene rings is 2. The number of hydrogen-bond donors (Lipinski definition) is 1. The second kappa shape index (κ2) is 7.05. The molecule has 4 heteroatoms. The van der Waals surface area contributed by atoms with Gasteiger partial charge >= 0.3 is 0 Å². The van der Waals surface area contributed by atoms with Crippen molar-refractivity contribution in [3.8, 4) is 5.75 Å². The smallest absolute Gasteiger partial charge is 0.251 e. The zero-order chi connectivity index (χ0) is 15.1. The number of ketones is 1. The number of carbonyl (C=O) groups excluding carboxylic acids is 2. The molecule has 0 aromatic heterocycles. The minimum absolute atomic E-state index is 0.0102. The maximum absolute atomic E-state index is 11.7. The molecule has 0 aliphatic carbocycles. The summed E-state index contributed by atoms with van der Waals surface area (Å²) in [4.78, 5) is 22.8. The third kappa shape index (κ3) is 4.62. The molecule has 0 unspecified atom stereocenters. The third-order valence-corrected chi connectivity index (χ3v) is 2.73. The lowest BCUT2D eigenvalue weighted by molar-refractivity contribution is -0.112. The van der Waals surface area contributed by atoms with Crippen LogP contribution in [0.2, 0.25) is 0 Å². The van der Waals surface area contributed by atoms with Gasteiger partial charge in [0.1, 0.15) is 5.75 Å². The number of hydrogen-bond acceptors (Lipinski definition) is 3. The van der Waals surface area contributed by atoms with Crippen molar-refractivity contribution in [1.82, 2.24) is 0 Å². The Hall–Kier alpha value is -2.88. The second-order valence-corrected chi connectivity index (χ2v) is 4.36. The van der Waals surface area contributed by atoms with Crippen LogP contribution in [0.1, 0.15) is 17.3 Å². The Bertz CT molecular complexity index is 645. The highest BCUT2D eigenvalue weighted by Gasteiger charge is 2.01. The summed E-state index contributed by atoms with van der Waals surface area (Å²) in [7, 11) is 0. The van der Waals surface area contributed by atoms with Crippen molar-refractivity contribution in [1.29, 1.82) is 0 Å². The second-order valence-electron chi connectivity index (χ2n) is 4.36. The standard InChI is InChI=1S/C17H15NO3/c1-13(19)14-7-9-15(10-8-14)18-17(20)11-12-21-16-5-3-2-4-6-16/h2-12H,1H3,(H,18,20). The average molecular weight is 281 g/mol. The van der Waals surface area contributed by atoms with E-state index in [2.05, 4.69) is 5.32 Å². The van der Waals surface area contributed by atoms with Gasteiger partial charge in [-0.05, 0) is 43.3 Å². The Balaban J connectivity index is 1.88. The molecule has 0 fully saturated rings. The van der Waals surface area contributed by atoms with E-state index < -0.39 is 0 Å². The molecule has 1 amide bonds. The highest BCUT2D eigenvalue weighted by Crippen LogP contribution is 2.11. The minimum atomic E-state index is -0.304. The van der Waals surface area contributed by atoms with Crippen LogP contribution in [-0.4, -0.2) is 11.7 Å². The summed E-state index contributed by atoms with van der Waals surface area (Å²) >= 11 is 0. The molecule has 2 aromatic carbocycles. The summed E-state index contributed by atoms with van der Waals surface area (Å²) in [5.74, 6) is 0.345. The Morgan fingerprint density at radius 3 is 2.29 bits per heavy atom. The van der Waals surface area contributed by atoms with E-state index in [1.54, 1.807) is 36.4 Å². The van der Waals surface area contributed by atoms with E-state index in [0.717, 1.165) is 0 Å². The van der Waals surface area contributed by atoms with Crippen molar-refractivity contribution in [3.05, 3.63) is 72.5 Å². The molecule has 0 saturated carbocycles. The van der Waals surface area contributed by atoms with Crippen LogP contribution < -0.4 is 10.1 Å². The number of ether oxygens (including phenoxy) is 1. The molecule has 2 rings (SSSR count). The number of amides is 1. The van der Waals surface area contributed by atoms with Gasteiger partial charge in [0, 0.05) is 17.3 Å². The summed E-state index contributed by atoms with van der Waals surface area (Å²) < 4.78 is 5.28. The Kier molecular flexibility index (Phi) is 4.88. The first-order valence-electron chi connectivity index (χ1n) is 6.45. The fourth-order valence-corrected chi connectivity index (χ4v) is 1.65. The van der Waals surface area contributed by atoms with Crippen molar-refractivity contribution in [2.24, 2.45) is 0 Å². The maximum atomic E-state index is 11.7. The van der Waals surface area contributed by atoms with Crippen molar-refractivity contribution >= 4 is 17.4 Å². The van der Waals surface area contributed by atoms with Crippen LogP contribution in [0.3, 0.4) is 0 Å². The van der Waals surface area contributed by atoms with Gasteiger partial charge in [0.05, 0.1) is 6.26 Å². The van der Waals surface area contributed by atoms with E-state index in [1.807, 2.05) is 18.2 Å². The maximum Gasteiger partial charge on any atom is 0.251 e. The lowest BCUT2D eigenvalue weighted by atomic mass is 10.1. The molecule has 0 radical (unpaired) electrons. The van der Waals surface area contributed by atoms with Crippen molar-refractivity contribution < 1.29 is 14.3 Å². The Labute approximate surface area is 123 Å². The van der Waals surface area contributed by atoms with Crippen LogP contribution in [0.15, 0.2) is 66.9 Å². The largest absolute Gasteiger partial charge is 0.465 e. The lowest BCUT2D eigenvalue weighted by Gasteiger charge is -2.03. The van der Waals surface area contributed by atoms with Gasteiger partial charge in [-0.1, -0.05) is 18.2 Å². The van der Waals surface area contributed by atoms with Gasteiger partial charge in [-0.15, -0.1) is 0 Å². The number of para-hydroxylation sites is 1. The van der Waals surface area contributed by atoms with Gasteiger partial charge < -0.3 is 10.1 Å². The molecule has 0 spiro atoms. The Morgan fingerprint density at radius 2 is 1.67 bits per heavy atom. The summed E-state index contributed by atoms with van der Waals surface area (Å²) in [5, 5.41) is 2.68. The fraction of sp³-hybridized carbons (Fsp3) is 0.0588. The molecule has 0 aliphatic rings. The van der Waals surface area contributed by atoms with E-state index in [1.165, 1.54) is 19.3 Å². The van der Waals surface area contributed by atoms with Gasteiger partial charge in [-0.2, -0.15) is 0 Å². The topological polar surface area (TPSA) is 55.4 Å². The molecule has 0 heterocycles. The van der Waals surface area contributed by atoms with E-state index in [-0.39, 0.29) is 11.7 Å². The zero-order valence-electron chi connectivity index (χ0n) is 11.6. The van der Waals surface area contributed by atoms with Gasteiger partial charge in [0.2, 0.25) is 0 Å². The summed E-state index contributed by atoms with van der Waals surface area (Å²) in [6, 6.07) is 15.9. The molecular weight excluding hydrogens is 266 g/mol. The van der Waals surface area contributed by atoms with Crippen LogP contribution >= 0.6 is 0 Å². The molecule has 1 N–H and O–H groups in total. The van der Waals surface area contributed by atoms with Crippen molar-refractivity contribution in [3.63, 3.8) is 0 Å². The fourth-order valence-electron chi connectivity index (χ4n) is 1.65. The van der Waals surface area contributed by atoms with Gasteiger partial charge in [-0.25, -0.2) is 0 Å². The quantitative estimate of drug-likeness (QED) is 0.519. The monoisotopic (exact) mass is 281 g/mol. The minimum Gasteiger partial charge on any atom is -0.465 e. The molecular formula is C17H15NO3. The normalized spacial score (nSPS) is 10.3. The lowest BCUT2D eigenvalue weighted by Crippen LogP contribution is -2.08. The van der Waals surface area contributed by atoms with E-state index >= 15 is 0 Å². The van der Waals surface area contributed by atoms with Gasteiger partial charge in [-0.3, -0.25) is 9.59 Å². The van der Waals surface area contributed by atoms with E-state index in [4.69, 9.17) is 4.74 Å². The number of Topliss-reactive ketones (excluding diaryl/α,β-unsaturated/α-hetero) is 1. The molecule has 106 valence electrons. The van der Waals surface area contributed by atoms with Crippen LogP contribution in [0.4, 0.5) is 5.69 Å². The summed E-state index contributed by atoms with van der Waals surface area (Å²) in [5.41, 5.74) is 1.23. The van der Waals surface area contributed by atoms with Crippen LogP contribution in [0.25, 0.3) is 0 Å². The van der Waals surface area contributed by atoms with Crippen LogP contribution in [0, 0.1) is 0 Å². The average Bonchev–Trinajstić information content (AvgIpc) is 2.49. The highest BCUT2D eigenvalue weighted by atomic mass is 16.5. The Morgan fingerprint density at radius 1 is 1.00 bits per heavy atom. The number of rotatable bonds is 5. The highest BCUT2D eigenvalue weighted by molar-refractivity contribution is 6.00. The van der Waals surface area contributed by atoms with Gasteiger partial charge in [0.15, 0.2) is 5.78 Å². The van der Waals surface area contributed by atoms with Gasteiger partial charge in [0.25, 0.3) is 5.91 Å².